The molecule has 256 valence electrons. The molecule has 0 N–H and O–H groups in total. The zero-order valence-electron chi connectivity index (χ0n) is 29.9. The molecule has 12 rings (SSSR count). The number of nitrogens with zero attached hydrogens (tertiary/aromatic N) is 3. The molecular weight excluding hydrogens is 667 g/mol. The Labute approximate surface area is 317 Å². The smallest absolute Gasteiger partial charge is 0.0641 e. The van der Waals surface area contributed by atoms with Crippen molar-refractivity contribution >= 4 is 87.7 Å². The highest BCUT2D eigenvalue weighted by Crippen LogP contribution is 2.47. The van der Waals surface area contributed by atoms with Gasteiger partial charge in [0.25, 0.3) is 0 Å². The first kappa shape index (κ1) is 30.1. The molecular formula is C52H33N3. The van der Waals surface area contributed by atoms with Crippen LogP contribution >= 0.6 is 0 Å². The number of anilines is 3. The summed E-state index contributed by atoms with van der Waals surface area (Å²) in [6.45, 7) is 0. The van der Waals surface area contributed by atoms with Crippen LogP contribution in [0, 0.1) is 0 Å². The summed E-state index contributed by atoms with van der Waals surface area (Å²) in [4.78, 5) is 2.34. The molecule has 9 aromatic carbocycles. The molecule has 0 bridgehead atoms. The first-order valence-corrected chi connectivity index (χ1v) is 18.9. The summed E-state index contributed by atoms with van der Waals surface area (Å²) >= 11 is 0. The van der Waals surface area contributed by atoms with Crippen molar-refractivity contribution < 1.29 is 0 Å². The molecule has 3 heteroatoms. The van der Waals surface area contributed by atoms with Crippen molar-refractivity contribution in [2.24, 2.45) is 0 Å². The van der Waals surface area contributed by atoms with E-state index >= 15 is 0 Å². The van der Waals surface area contributed by atoms with Crippen molar-refractivity contribution in [1.29, 1.82) is 0 Å². The fourth-order valence-electron chi connectivity index (χ4n) is 9.27. The van der Waals surface area contributed by atoms with Crippen LogP contribution in [0.3, 0.4) is 0 Å². The van der Waals surface area contributed by atoms with E-state index in [1.54, 1.807) is 0 Å². The standard InChI is InChI=1S/C52H33N3/c1-3-13-34(14-4-1)35-23-25-38(26-24-35)53(37-16-5-2-6-17-37)39-27-29-40(30-28-39)54-47-32-31-43-42-19-9-11-21-45(42)55-46-22-12-10-20-44(46)49-41-18-8-7-15-36(41)33-48(54)50(49)51(47)52(43)55/h1-33H. The van der Waals surface area contributed by atoms with Crippen LogP contribution in [-0.4, -0.2) is 8.97 Å². The molecule has 0 fully saturated rings. The monoisotopic (exact) mass is 699 g/mol. The van der Waals surface area contributed by atoms with E-state index in [9.17, 15) is 0 Å². The van der Waals surface area contributed by atoms with Gasteiger partial charge < -0.3 is 13.9 Å². The number of hydrogen-bond donors (Lipinski definition) is 0. The minimum absolute atomic E-state index is 1.10. The lowest BCUT2D eigenvalue weighted by atomic mass is 9.98. The van der Waals surface area contributed by atoms with Crippen molar-refractivity contribution in [1.82, 2.24) is 8.97 Å². The van der Waals surface area contributed by atoms with Gasteiger partial charge in [-0.05, 0) is 94.7 Å². The van der Waals surface area contributed by atoms with Gasteiger partial charge in [0.2, 0.25) is 0 Å². The van der Waals surface area contributed by atoms with E-state index in [1.165, 1.54) is 81.8 Å². The minimum atomic E-state index is 1.10. The predicted octanol–water partition coefficient (Wildman–Crippen LogP) is 14.2. The highest BCUT2D eigenvalue weighted by Gasteiger charge is 2.24. The Bertz CT molecular complexity index is 3390. The van der Waals surface area contributed by atoms with Gasteiger partial charge in [-0.3, -0.25) is 0 Å². The third kappa shape index (κ3) is 4.32. The summed E-state index contributed by atoms with van der Waals surface area (Å²) in [5.41, 5.74) is 13.0. The summed E-state index contributed by atoms with van der Waals surface area (Å²) in [5, 5.41) is 10.2. The average molecular weight is 700 g/mol. The topological polar surface area (TPSA) is 12.6 Å². The van der Waals surface area contributed by atoms with Gasteiger partial charge in [-0.25, -0.2) is 0 Å². The van der Waals surface area contributed by atoms with Crippen LogP contribution < -0.4 is 4.90 Å². The van der Waals surface area contributed by atoms with Gasteiger partial charge in [-0.1, -0.05) is 127 Å². The Morgan fingerprint density at radius 2 is 0.891 bits per heavy atom. The Kier molecular flexibility index (Phi) is 6.34. The maximum absolute atomic E-state index is 2.52. The van der Waals surface area contributed by atoms with Gasteiger partial charge in [-0.15, -0.1) is 0 Å². The van der Waals surface area contributed by atoms with E-state index in [4.69, 9.17) is 0 Å². The normalized spacial score (nSPS) is 12.0. The molecule has 0 aliphatic heterocycles. The van der Waals surface area contributed by atoms with E-state index in [0.29, 0.717) is 0 Å². The quantitative estimate of drug-likeness (QED) is 0.174. The lowest BCUT2D eigenvalue weighted by Gasteiger charge is -2.26. The molecule has 0 aliphatic rings. The van der Waals surface area contributed by atoms with Crippen molar-refractivity contribution in [3.63, 3.8) is 0 Å². The van der Waals surface area contributed by atoms with Gasteiger partial charge in [0, 0.05) is 55.1 Å². The molecule has 0 amide bonds. The van der Waals surface area contributed by atoms with E-state index < -0.39 is 0 Å². The van der Waals surface area contributed by atoms with Crippen LogP contribution in [0.25, 0.3) is 87.5 Å². The second-order valence-electron chi connectivity index (χ2n) is 14.5. The molecule has 3 aromatic heterocycles. The SMILES string of the molecule is c1ccc(-c2ccc(N(c3ccccc3)c3ccc(-n4c5cc6ccccc6c6c7ccccc7n7c8ccccc8c8ccc4c(c65)c87)cc3)cc2)cc1. The largest absolute Gasteiger partial charge is 0.311 e. The van der Waals surface area contributed by atoms with E-state index in [-0.39, 0.29) is 0 Å². The Hall–Kier alpha value is -7.36. The van der Waals surface area contributed by atoms with Crippen LogP contribution in [0.5, 0.6) is 0 Å². The minimum Gasteiger partial charge on any atom is -0.311 e. The number of aromatic nitrogens is 2. The van der Waals surface area contributed by atoms with E-state index in [0.717, 1.165) is 22.7 Å². The van der Waals surface area contributed by atoms with Gasteiger partial charge >= 0.3 is 0 Å². The van der Waals surface area contributed by atoms with Crippen molar-refractivity contribution in [2.75, 3.05) is 4.90 Å². The molecule has 55 heavy (non-hydrogen) atoms. The molecule has 0 aliphatic carbocycles. The predicted molar refractivity (Wildman–Crippen MR) is 233 cm³/mol. The first-order chi connectivity index (χ1) is 27.3. The Morgan fingerprint density at radius 3 is 1.64 bits per heavy atom. The van der Waals surface area contributed by atoms with Crippen molar-refractivity contribution in [3.8, 4) is 16.8 Å². The van der Waals surface area contributed by atoms with Gasteiger partial charge in [-0.2, -0.15) is 0 Å². The highest BCUT2D eigenvalue weighted by molar-refractivity contribution is 6.37. The van der Waals surface area contributed by atoms with Crippen LogP contribution in [-0.2, 0) is 0 Å². The number of para-hydroxylation sites is 3. The summed E-state index contributed by atoms with van der Waals surface area (Å²) in [6, 6.07) is 73.0. The van der Waals surface area contributed by atoms with E-state index in [1.807, 2.05) is 0 Å². The van der Waals surface area contributed by atoms with E-state index in [2.05, 4.69) is 214 Å². The van der Waals surface area contributed by atoms with Crippen molar-refractivity contribution in [2.45, 2.75) is 0 Å². The number of hydrogen-bond acceptors (Lipinski definition) is 1. The fourth-order valence-corrected chi connectivity index (χ4v) is 9.27. The molecule has 0 saturated carbocycles. The highest BCUT2D eigenvalue weighted by atomic mass is 15.1. The third-order valence-electron chi connectivity index (χ3n) is 11.6. The lowest BCUT2D eigenvalue weighted by molar-refractivity contribution is 1.18. The van der Waals surface area contributed by atoms with Crippen LogP contribution in [0.2, 0.25) is 0 Å². The van der Waals surface area contributed by atoms with Crippen molar-refractivity contribution in [3.05, 3.63) is 200 Å². The molecule has 0 radical (unpaired) electrons. The van der Waals surface area contributed by atoms with Crippen LogP contribution in [0.4, 0.5) is 17.1 Å². The molecule has 0 saturated heterocycles. The average Bonchev–Trinajstić information content (AvgIpc) is 3.72. The molecule has 3 nitrogen and oxygen atoms in total. The maximum atomic E-state index is 2.52. The summed E-state index contributed by atoms with van der Waals surface area (Å²) in [6.07, 6.45) is 0. The number of benzene rings is 9. The second kappa shape index (κ2) is 11.6. The Balaban J connectivity index is 1.12. The molecule has 12 aromatic rings. The molecule has 0 unspecified atom stereocenters. The zero-order valence-corrected chi connectivity index (χ0v) is 29.9. The van der Waals surface area contributed by atoms with Gasteiger partial charge in [0.05, 0.1) is 27.6 Å². The summed E-state index contributed by atoms with van der Waals surface area (Å²) < 4.78 is 5.01. The maximum Gasteiger partial charge on any atom is 0.0641 e. The number of rotatable bonds is 5. The summed E-state index contributed by atoms with van der Waals surface area (Å²) in [5.74, 6) is 0. The first-order valence-electron chi connectivity index (χ1n) is 18.9. The van der Waals surface area contributed by atoms with Crippen LogP contribution in [0.1, 0.15) is 0 Å². The molecule has 3 heterocycles. The van der Waals surface area contributed by atoms with Gasteiger partial charge in [0.1, 0.15) is 0 Å². The zero-order chi connectivity index (χ0) is 36.0. The van der Waals surface area contributed by atoms with Crippen LogP contribution in [0.15, 0.2) is 200 Å². The summed E-state index contributed by atoms with van der Waals surface area (Å²) in [7, 11) is 0. The fraction of sp³-hybridized carbons (Fsp3) is 0. The molecule has 0 atom stereocenters. The molecule has 0 spiro atoms. The van der Waals surface area contributed by atoms with Gasteiger partial charge in [0.15, 0.2) is 0 Å². The third-order valence-corrected chi connectivity index (χ3v) is 11.6. The Morgan fingerprint density at radius 1 is 0.327 bits per heavy atom. The lowest BCUT2D eigenvalue weighted by Crippen LogP contribution is -2.10. The second-order valence-corrected chi connectivity index (χ2v) is 14.5. The number of fused-ring (bicyclic) bond motifs is 8.